The number of aromatic nitrogens is 1. The summed E-state index contributed by atoms with van der Waals surface area (Å²) in [7, 11) is 0. The van der Waals surface area contributed by atoms with Crippen LogP contribution < -0.4 is 9.64 Å². The second kappa shape index (κ2) is 5.58. The molecule has 1 N–H and O–H groups in total. The Labute approximate surface area is 125 Å². The molecule has 0 aliphatic carbocycles. The molecule has 2 unspecified atom stereocenters. The molecule has 9 nitrogen and oxygen atoms in total. The van der Waals surface area contributed by atoms with Gasteiger partial charge in [-0.15, -0.1) is 0 Å². The van der Waals surface area contributed by atoms with Gasteiger partial charge in [-0.25, -0.2) is 4.79 Å². The number of amides is 1. The van der Waals surface area contributed by atoms with Crippen LogP contribution in [0.1, 0.15) is 20.8 Å². The van der Waals surface area contributed by atoms with E-state index in [9.17, 15) is 24.8 Å². The van der Waals surface area contributed by atoms with Crippen LogP contribution in [0, 0.1) is 16.0 Å². The Hall–Kier alpha value is -2.71. The Morgan fingerprint density at radius 1 is 1.50 bits per heavy atom. The summed E-state index contributed by atoms with van der Waals surface area (Å²) in [6.07, 6.45) is -0.892. The molecule has 1 amide bonds. The molecular weight excluding hydrogens is 294 g/mol. The van der Waals surface area contributed by atoms with Crippen LogP contribution >= 0.6 is 0 Å². The summed E-state index contributed by atoms with van der Waals surface area (Å²) in [6, 6.07) is 1.27. The minimum Gasteiger partial charge on any atom is -0.480 e. The first-order chi connectivity index (χ1) is 10.2. The summed E-state index contributed by atoms with van der Waals surface area (Å²) in [5.74, 6) is -2.70. The lowest BCUT2D eigenvalue weighted by atomic mass is 10.0. The van der Waals surface area contributed by atoms with Crippen LogP contribution in [0.4, 0.5) is 11.6 Å². The van der Waals surface area contributed by atoms with E-state index < -0.39 is 40.7 Å². The Morgan fingerprint density at radius 2 is 2.14 bits per heavy atom. The van der Waals surface area contributed by atoms with Crippen molar-refractivity contribution < 1.29 is 24.4 Å². The quantitative estimate of drug-likeness (QED) is 0.655. The number of hydrogen-bond acceptors (Lipinski definition) is 6. The molecule has 0 radical (unpaired) electrons. The molecule has 1 aromatic heterocycles. The highest BCUT2D eigenvalue weighted by Crippen LogP contribution is 2.36. The fourth-order valence-electron chi connectivity index (χ4n) is 2.30. The van der Waals surface area contributed by atoms with Gasteiger partial charge in [-0.1, -0.05) is 13.8 Å². The number of carbonyl (C=O) groups is 2. The number of carboxylic acid groups (broad SMARTS) is 1. The minimum atomic E-state index is -1.21. The molecule has 118 valence electrons. The zero-order valence-corrected chi connectivity index (χ0v) is 12.2. The van der Waals surface area contributed by atoms with Crippen molar-refractivity contribution in [1.29, 1.82) is 0 Å². The number of nitro groups is 1. The first-order valence-electron chi connectivity index (χ1n) is 6.62. The van der Waals surface area contributed by atoms with Crippen molar-refractivity contribution in [2.24, 2.45) is 5.92 Å². The maximum atomic E-state index is 12.3. The Balaban J connectivity index is 2.62. The largest absolute Gasteiger partial charge is 0.480 e. The molecule has 2 heterocycles. The smallest absolute Gasteiger partial charge is 0.366 e. The molecule has 0 bridgehead atoms. The monoisotopic (exact) mass is 309 g/mol. The molecule has 2 rings (SSSR count). The lowest BCUT2D eigenvalue weighted by molar-refractivity contribution is -0.389. The molecule has 0 saturated heterocycles. The van der Waals surface area contributed by atoms with Crippen LogP contribution in [0.15, 0.2) is 12.1 Å². The van der Waals surface area contributed by atoms with Crippen molar-refractivity contribution in [2.45, 2.75) is 32.9 Å². The third kappa shape index (κ3) is 2.57. The lowest BCUT2D eigenvalue weighted by Crippen LogP contribution is -2.55. The topological polar surface area (TPSA) is 123 Å². The van der Waals surface area contributed by atoms with E-state index in [4.69, 9.17) is 4.74 Å². The van der Waals surface area contributed by atoms with Gasteiger partial charge in [0.15, 0.2) is 11.9 Å². The predicted octanol–water partition coefficient (Wildman–Crippen LogP) is 1.21. The summed E-state index contributed by atoms with van der Waals surface area (Å²) in [6.45, 7) is 4.77. The number of pyridine rings is 1. The number of anilines is 1. The Bertz CT molecular complexity index is 645. The summed E-state index contributed by atoms with van der Waals surface area (Å²) < 4.78 is 5.35. The molecule has 0 aromatic carbocycles. The minimum absolute atomic E-state index is 0.140. The summed E-state index contributed by atoms with van der Waals surface area (Å²) in [4.78, 5) is 38.8. The van der Waals surface area contributed by atoms with E-state index in [1.54, 1.807) is 13.8 Å². The average molecular weight is 309 g/mol. The van der Waals surface area contributed by atoms with E-state index in [0.29, 0.717) is 0 Å². The van der Waals surface area contributed by atoms with Gasteiger partial charge in [-0.3, -0.25) is 9.69 Å². The molecule has 2 atom stereocenters. The van der Waals surface area contributed by atoms with Gasteiger partial charge in [0.25, 0.3) is 11.7 Å². The van der Waals surface area contributed by atoms with Crippen molar-refractivity contribution in [1.82, 2.24) is 4.98 Å². The first kappa shape index (κ1) is 15.7. The maximum Gasteiger partial charge on any atom is 0.366 e. The van der Waals surface area contributed by atoms with Crippen LogP contribution in [-0.4, -0.2) is 39.0 Å². The van der Waals surface area contributed by atoms with Gasteiger partial charge < -0.3 is 20.0 Å². The fourth-order valence-corrected chi connectivity index (χ4v) is 2.30. The maximum absolute atomic E-state index is 12.3. The highest BCUT2D eigenvalue weighted by Gasteiger charge is 2.44. The number of ether oxygens (including phenoxy) is 1. The molecule has 9 heteroatoms. The van der Waals surface area contributed by atoms with Gasteiger partial charge in [0, 0.05) is 6.07 Å². The summed E-state index contributed by atoms with van der Waals surface area (Å²) >= 11 is 0. The van der Waals surface area contributed by atoms with Crippen molar-refractivity contribution in [3.8, 4) is 5.75 Å². The Morgan fingerprint density at radius 3 is 2.64 bits per heavy atom. The summed E-state index contributed by atoms with van der Waals surface area (Å²) in [5, 5.41) is 20.3. The predicted molar refractivity (Wildman–Crippen MR) is 74.7 cm³/mol. The van der Waals surface area contributed by atoms with E-state index in [1.807, 2.05) is 0 Å². The molecule has 1 aromatic rings. The average Bonchev–Trinajstić information content (AvgIpc) is 2.42. The van der Waals surface area contributed by atoms with Crippen molar-refractivity contribution in [2.75, 3.05) is 4.90 Å². The van der Waals surface area contributed by atoms with Crippen LogP contribution in [0.25, 0.3) is 0 Å². The van der Waals surface area contributed by atoms with Crippen LogP contribution in [0.5, 0.6) is 5.75 Å². The van der Waals surface area contributed by atoms with Crippen LogP contribution in [0.3, 0.4) is 0 Å². The molecule has 0 spiro atoms. The number of aliphatic carboxylic acids is 1. The zero-order valence-electron chi connectivity index (χ0n) is 12.2. The second-order valence-corrected chi connectivity index (χ2v) is 5.24. The Kier molecular flexibility index (Phi) is 3.98. The van der Waals surface area contributed by atoms with Crippen molar-refractivity contribution >= 4 is 23.5 Å². The molecule has 1 aliphatic rings. The molecule has 0 saturated carbocycles. The molecule has 22 heavy (non-hydrogen) atoms. The van der Waals surface area contributed by atoms with E-state index in [0.717, 1.165) is 11.0 Å². The SMILES string of the molecule is CC1Oc2ccc([N+](=O)[O-])nc2N(C(C(=O)O)C(C)C)C1=O. The van der Waals surface area contributed by atoms with E-state index in [1.165, 1.54) is 13.0 Å². The number of hydrogen-bond donors (Lipinski definition) is 1. The number of carbonyl (C=O) groups excluding carboxylic acids is 1. The fraction of sp³-hybridized carbons (Fsp3) is 0.462. The first-order valence-corrected chi connectivity index (χ1v) is 6.62. The highest BCUT2D eigenvalue weighted by molar-refractivity contribution is 6.03. The van der Waals surface area contributed by atoms with E-state index in [2.05, 4.69) is 4.98 Å². The van der Waals surface area contributed by atoms with E-state index >= 15 is 0 Å². The number of carboxylic acids is 1. The van der Waals surface area contributed by atoms with Crippen LogP contribution in [-0.2, 0) is 9.59 Å². The van der Waals surface area contributed by atoms with E-state index in [-0.39, 0.29) is 11.6 Å². The molecule has 0 fully saturated rings. The molecule has 1 aliphatic heterocycles. The van der Waals surface area contributed by atoms with Gasteiger partial charge in [0.05, 0.1) is 0 Å². The number of fused-ring (bicyclic) bond motifs is 1. The van der Waals surface area contributed by atoms with Crippen molar-refractivity contribution in [3.05, 3.63) is 22.2 Å². The van der Waals surface area contributed by atoms with Crippen molar-refractivity contribution in [3.63, 3.8) is 0 Å². The second-order valence-electron chi connectivity index (χ2n) is 5.24. The standard InChI is InChI=1S/C13H15N3O6/c1-6(2)10(13(18)19)15-11-8(22-7(3)12(15)17)4-5-9(14-11)16(20)21/h4-7,10H,1-3H3,(H,18,19). The third-order valence-electron chi connectivity index (χ3n) is 3.29. The number of rotatable bonds is 4. The van der Waals surface area contributed by atoms with Crippen LogP contribution in [0.2, 0.25) is 0 Å². The lowest BCUT2D eigenvalue weighted by Gasteiger charge is -2.34. The van der Waals surface area contributed by atoms with Gasteiger partial charge in [0.1, 0.15) is 6.04 Å². The summed E-state index contributed by atoms with van der Waals surface area (Å²) in [5.41, 5.74) is 0. The van der Waals surface area contributed by atoms with Gasteiger partial charge in [0.2, 0.25) is 0 Å². The normalized spacial score (nSPS) is 18.6. The van der Waals surface area contributed by atoms with Gasteiger partial charge in [-0.2, -0.15) is 0 Å². The highest BCUT2D eigenvalue weighted by atomic mass is 16.6. The van der Waals surface area contributed by atoms with Gasteiger partial charge >= 0.3 is 11.8 Å². The number of nitrogens with zero attached hydrogens (tertiary/aromatic N) is 3. The molecular formula is C13H15N3O6. The third-order valence-corrected chi connectivity index (χ3v) is 3.29. The van der Waals surface area contributed by atoms with Gasteiger partial charge in [-0.05, 0) is 28.8 Å². The zero-order chi connectivity index (χ0) is 16.6.